The topological polar surface area (TPSA) is 380 Å². The maximum Gasteiger partial charge on any atom is 0.237 e. The molecule has 6 aliphatic heterocycles. The van der Waals surface area contributed by atoms with Crippen molar-refractivity contribution in [1.82, 2.24) is 0 Å². The van der Waals surface area contributed by atoms with Gasteiger partial charge in [-0.3, -0.25) is 0 Å². The summed E-state index contributed by atoms with van der Waals surface area (Å²) in [6.07, 6.45) is 19.2. The molecule has 6 heterocycles. The first-order valence-corrected chi connectivity index (χ1v) is 47.0. The highest BCUT2D eigenvalue weighted by molar-refractivity contribution is 7.86. The van der Waals surface area contributed by atoms with E-state index in [1.54, 1.807) is 125 Å². The molecule has 0 radical (unpaired) electrons. The lowest BCUT2D eigenvalue weighted by Gasteiger charge is -2.27. The molecule has 0 bridgehead atoms. The standard InChI is InChI=1S/C35H34N2O6S2.C27H32N2O8S2.C25H28N2O6S2/c1-34(2)30(36(22-44(38,39)40)28-20-18-24-12-8-10-14-26(24)32(28)34)16-6-5-7-17-31-35(3,4)33-27-15-11-9-13-25(27)19-21-29(33)37(31)23-45(41,42)43;1-26(2)20-14-18(36-5)10-12-22(20)28(16-38(30,31)32)24(26)8-7-9-25-27(3,4)21-15-19(37-6)11-13-23(21)29(25)17-39(33,34)35;1-24(2)18-10-5-7-12-20(18)26(16-34(28,29)30)22(24)14-9-15-23-25(3,4)19-11-6-8-13-21(19)27(23)17-35(31,32)33/h5-21H,22-23H2,1-4H3,(H-,38,39,40,41,42,43);7-15H,16-17H2,1-6H3,(H-,30,31,32,33,34,35);5-15H,16-17H2,1-4H3,(H-,28,29,30,31,32,33)/p-3. The molecule has 0 spiro atoms. The predicted molar refractivity (Wildman–Crippen MR) is 455 cm³/mol. The fraction of sp³-hybridized carbons (Fsp3) is 0.299. The molecule has 6 aliphatic rings. The summed E-state index contributed by atoms with van der Waals surface area (Å²) in [5.41, 5.74) is 8.95. The zero-order valence-electron chi connectivity index (χ0n) is 67.9. The van der Waals surface area contributed by atoms with Crippen molar-refractivity contribution in [2.75, 3.05) is 64.2 Å². The Kier molecular flexibility index (Phi) is 23.6. The van der Waals surface area contributed by atoms with Crippen molar-refractivity contribution >= 4 is 134 Å². The van der Waals surface area contributed by atoms with Gasteiger partial charge in [0.25, 0.3) is 0 Å². The molecule has 32 heteroatoms. The van der Waals surface area contributed by atoms with E-state index in [4.69, 9.17) is 9.47 Å². The van der Waals surface area contributed by atoms with Crippen molar-refractivity contribution < 1.29 is 101 Å². The molecule has 119 heavy (non-hydrogen) atoms. The Bertz CT molecular complexity index is 6610. The van der Waals surface area contributed by atoms with Gasteiger partial charge in [0, 0.05) is 104 Å². The quantitative estimate of drug-likeness (QED) is 0.0366. The first-order chi connectivity index (χ1) is 55.2. The van der Waals surface area contributed by atoms with Crippen LogP contribution in [-0.4, -0.2) is 158 Å². The van der Waals surface area contributed by atoms with Gasteiger partial charge in [-0.15, -0.1) is 0 Å². The summed E-state index contributed by atoms with van der Waals surface area (Å²) in [4.78, 5) is 4.53. The van der Waals surface area contributed by atoms with E-state index in [0.717, 1.165) is 54.9 Å². The molecule has 0 atom stereocenters. The van der Waals surface area contributed by atoms with Gasteiger partial charge in [0.05, 0.1) is 30.5 Å². The second kappa shape index (κ2) is 31.8. The summed E-state index contributed by atoms with van der Waals surface area (Å²) in [5, 5.41) is 4.01. The Morgan fingerprint density at radius 3 is 1.19 bits per heavy atom. The first kappa shape index (κ1) is 88.2. The lowest BCUT2D eigenvalue weighted by atomic mass is 9.79. The number of benzene rings is 8. The molecule has 0 aromatic heterocycles. The maximum atomic E-state index is 12.0. The van der Waals surface area contributed by atoms with Gasteiger partial charge in [-0.25, -0.2) is 50.5 Å². The highest BCUT2D eigenvalue weighted by atomic mass is 32.2. The van der Waals surface area contributed by atoms with Gasteiger partial charge in [0.1, 0.15) is 59.5 Å². The highest BCUT2D eigenvalue weighted by Crippen LogP contribution is 2.54. The minimum absolute atomic E-state index is 0.556. The SMILES string of the molecule is CC1(C)C(/C=C/C=C/C=C2/N(CS(=O)(=O)[O-])c3ccc4ccccc4c3C2(C)C)=[N+](CS(=O)(=O)[O-])c2ccc3ccccc3c21.CC1(C)C(/C=C/C=C2/N(CS(=O)(=O)[O-])c3ccccc3C2(C)C)=[N+](CS(=O)(=O)[O-])c2ccccc21.COc1ccc2c(c1)C(C)(C)C(/C=C/C=C1/N(CS(=O)(=O)[O-])c3ccc(OC)cc3C1(C)C)=[N+]2CS(=O)(=O)[O-]. The third kappa shape index (κ3) is 17.9. The lowest BCUT2D eigenvalue weighted by molar-refractivity contribution is -0.416. The maximum absolute atomic E-state index is 12.0. The molecule has 0 saturated heterocycles. The molecule has 14 rings (SSSR count). The summed E-state index contributed by atoms with van der Waals surface area (Å²) in [6.45, 7) is 23.4. The molecule has 0 saturated carbocycles. The van der Waals surface area contributed by atoms with Crippen molar-refractivity contribution in [2.24, 2.45) is 0 Å². The van der Waals surface area contributed by atoms with Crippen LogP contribution < -0.4 is 24.2 Å². The molecule has 0 amide bonds. The largest absolute Gasteiger partial charge is 0.747 e. The molecular formula is C87H91N6O20S6-3. The molecular weight excluding hydrogens is 1640 g/mol. The Balaban J connectivity index is 0.000000165. The van der Waals surface area contributed by atoms with Gasteiger partial charge in [-0.2, -0.15) is 13.7 Å². The Hall–Kier alpha value is -10.1. The normalized spacial score (nSPS) is 19.2. The number of nitrogens with zero attached hydrogens (tertiary/aromatic N) is 6. The average molecular weight is 1730 g/mol. The minimum Gasteiger partial charge on any atom is -0.747 e. The molecule has 8 aromatic carbocycles. The third-order valence-corrected chi connectivity index (χ3v) is 26.2. The number of ether oxygens (including phenoxy) is 2. The van der Waals surface area contributed by atoms with Crippen molar-refractivity contribution in [2.45, 2.75) is 116 Å². The molecule has 0 fully saturated rings. The van der Waals surface area contributed by atoms with E-state index in [1.165, 1.54) is 33.2 Å². The molecule has 0 N–H and O–H groups in total. The van der Waals surface area contributed by atoms with Crippen LogP contribution in [0, 0.1) is 0 Å². The Labute approximate surface area is 696 Å². The number of para-hydroxylation sites is 2. The zero-order chi connectivity index (χ0) is 87.1. The molecule has 0 aliphatic carbocycles. The van der Waals surface area contributed by atoms with Gasteiger partial charge in [-0.1, -0.05) is 163 Å². The van der Waals surface area contributed by atoms with Crippen LogP contribution in [0.25, 0.3) is 21.5 Å². The number of fused-ring (bicyclic) bond motifs is 10. The van der Waals surface area contributed by atoms with E-state index in [1.807, 2.05) is 192 Å². The van der Waals surface area contributed by atoms with Crippen LogP contribution in [0.3, 0.4) is 0 Å². The number of hydrogen-bond acceptors (Lipinski definition) is 23. The monoisotopic (exact) mass is 1730 g/mol. The van der Waals surface area contributed by atoms with Crippen molar-refractivity contribution in [1.29, 1.82) is 0 Å². The van der Waals surface area contributed by atoms with E-state index < -0.39 is 128 Å². The summed E-state index contributed by atoms with van der Waals surface area (Å²) < 4.78 is 228. The van der Waals surface area contributed by atoms with E-state index in [0.29, 0.717) is 79.8 Å². The predicted octanol–water partition coefficient (Wildman–Crippen LogP) is 12.8. The fourth-order valence-electron chi connectivity index (χ4n) is 17.5. The van der Waals surface area contributed by atoms with Crippen molar-refractivity contribution in [3.8, 4) is 11.5 Å². The Morgan fingerprint density at radius 2 is 0.681 bits per heavy atom. The van der Waals surface area contributed by atoms with Gasteiger partial charge < -0.3 is 51.5 Å². The average Bonchev–Trinajstić information content (AvgIpc) is 1.57. The van der Waals surface area contributed by atoms with E-state index in [2.05, 4.69) is 0 Å². The molecule has 628 valence electrons. The lowest BCUT2D eigenvalue weighted by Crippen LogP contribution is -2.31. The van der Waals surface area contributed by atoms with Gasteiger partial charge >= 0.3 is 0 Å². The van der Waals surface area contributed by atoms with E-state index in [-0.39, 0.29) is 0 Å². The van der Waals surface area contributed by atoms with Crippen LogP contribution in [0.4, 0.5) is 34.1 Å². The van der Waals surface area contributed by atoms with Crippen molar-refractivity contribution in [3.05, 3.63) is 275 Å². The summed E-state index contributed by atoms with van der Waals surface area (Å²) in [6, 6.07) is 48.4. The van der Waals surface area contributed by atoms with E-state index >= 15 is 0 Å². The van der Waals surface area contributed by atoms with Gasteiger partial charge in [0.15, 0.2) is 47.5 Å². The minimum atomic E-state index is -4.63. The summed E-state index contributed by atoms with van der Waals surface area (Å²) >= 11 is 0. The second-order valence-corrected chi connectivity index (χ2v) is 41.1. The number of hydrogen-bond donors (Lipinski definition) is 0. The number of methoxy groups -OCH3 is 2. The number of rotatable bonds is 21. The van der Waals surface area contributed by atoms with Crippen LogP contribution in [-0.2, 0) is 93.2 Å². The van der Waals surface area contributed by atoms with Crippen molar-refractivity contribution in [3.63, 3.8) is 0 Å². The fourth-order valence-corrected chi connectivity index (χ4v) is 21.1. The van der Waals surface area contributed by atoms with Crippen LogP contribution in [0.2, 0.25) is 0 Å². The summed E-state index contributed by atoms with van der Waals surface area (Å²) in [7, 11) is -24.5. The first-order valence-electron chi connectivity index (χ1n) is 37.5. The second-order valence-electron chi connectivity index (χ2n) is 32.9. The van der Waals surface area contributed by atoms with Crippen LogP contribution >= 0.6 is 0 Å². The van der Waals surface area contributed by atoms with Gasteiger partial charge in [-0.05, 0) is 147 Å². The van der Waals surface area contributed by atoms with Gasteiger partial charge in [0.2, 0.25) is 34.7 Å². The summed E-state index contributed by atoms with van der Waals surface area (Å²) in [5.74, 6) is -3.15. The van der Waals surface area contributed by atoms with E-state index in [9.17, 15) is 77.8 Å². The number of anilines is 3. The Morgan fingerprint density at radius 1 is 0.319 bits per heavy atom. The molecule has 0 unspecified atom stereocenters. The number of allylic oxidation sites excluding steroid dienone is 14. The molecule has 26 nitrogen and oxygen atoms in total. The van der Waals surface area contributed by atoms with Crippen LogP contribution in [0.1, 0.15) is 116 Å². The zero-order valence-corrected chi connectivity index (χ0v) is 72.8. The molecule has 8 aromatic rings. The third-order valence-electron chi connectivity index (χ3n) is 22.8. The van der Waals surface area contributed by atoms with Crippen LogP contribution in [0.15, 0.2) is 242 Å². The highest BCUT2D eigenvalue weighted by Gasteiger charge is 2.50. The smallest absolute Gasteiger partial charge is 0.237 e. The van der Waals surface area contributed by atoms with Crippen LogP contribution in [0.5, 0.6) is 11.5 Å².